The van der Waals surface area contributed by atoms with Crippen molar-refractivity contribution in [3.8, 4) is 5.75 Å². The lowest BCUT2D eigenvalue weighted by Crippen LogP contribution is -2.38. The number of nitrogens with zero attached hydrogens (tertiary/aromatic N) is 2. The molecule has 0 unspecified atom stereocenters. The summed E-state index contributed by atoms with van der Waals surface area (Å²) in [6.45, 7) is 5.14. The van der Waals surface area contributed by atoms with Crippen LogP contribution in [0.15, 0.2) is 59.9 Å². The van der Waals surface area contributed by atoms with Crippen LogP contribution in [0.1, 0.15) is 18.9 Å². The summed E-state index contributed by atoms with van der Waals surface area (Å²) in [7, 11) is 0. The molecule has 0 spiro atoms. The molecule has 1 aromatic carbocycles. The second-order valence-electron chi connectivity index (χ2n) is 5.31. The summed E-state index contributed by atoms with van der Waals surface area (Å²) in [5.74, 6) is 1.75. The van der Waals surface area contributed by atoms with Crippen LogP contribution in [0.3, 0.4) is 0 Å². The van der Waals surface area contributed by atoms with Crippen LogP contribution >= 0.6 is 24.0 Å². The number of guanidine groups is 1. The molecule has 1 aromatic heterocycles. The zero-order valence-corrected chi connectivity index (χ0v) is 17.0. The Hall–Kier alpha value is -1.83. The smallest absolute Gasteiger partial charge is 0.191 e. The molecule has 0 aliphatic rings. The van der Waals surface area contributed by atoms with E-state index >= 15 is 0 Å². The molecule has 25 heavy (non-hydrogen) atoms. The highest BCUT2D eigenvalue weighted by atomic mass is 127. The monoisotopic (exact) mass is 454 g/mol. The Labute approximate surface area is 167 Å². The average molecular weight is 454 g/mol. The highest BCUT2D eigenvalue weighted by Gasteiger charge is 1.98. The summed E-state index contributed by atoms with van der Waals surface area (Å²) >= 11 is 0. The molecule has 2 N–H and O–H groups in total. The van der Waals surface area contributed by atoms with Crippen LogP contribution in [0.5, 0.6) is 5.75 Å². The van der Waals surface area contributed by atoms with Gasteiger partial charge in [0, 0.05) is 38.4 Å². The van der Waals surface area contributed by atoms with Gasteiger partial charge < -0.3 is 15.4 Å². The number of hydrogen-bond donors (Lipinski definition) is 2. The summed E-state index contributed by atoms with van der Waals surface area (Å²) in [6, 6.07) is 13.9. The Morgan fingerprint density at radius 3 is 2.68 bits per heavy atom. The molecule has 6 heteroatoms. The molecule has 0 aliphatic heterocycles. The van der Waals surface area contributed by atoms with E-state index in [1.54, 1.807) is 6.20 Å². The molecule has 136 valence electrons. The molecular formula is C19H27IN4O. The van der Waals surface area contributed by atoms with Crippen LogP contribution in [0.4, 0.5) is 0 Å². The fraction of sp³-hybridized carbons (Fsp3) is 0.368. The summed E-state index contributed by atoms with van der Waals surface area (Å²) in [6.07, 6.45) is 5.50. The van der Waals surface area contributed by atoms with E-state index in [9.17, 15) is 0 Å². The van der Waals surface area contributed by atoms with Gasteiger partial charge in [0.05, 0.1) is 6.61 Å². The molecule has 2 aromatic rings. The van der Waals surface area contributed by atoms with Gasteiger partial charge in [-0.05, 0) is 37.1 Å². The van der Waals surface area contributed by atoms with Crippen molar-refractivity contribution in [3.63, 3.8) is 0 Å². The minimum Gasteiger partial charge on any atom is -0.494 e. The van der Waals surface area contributed by atoms with E-state index in [1.165, 1.54) is 5.56 Å². The van der Waals surface area contributed by atoms with Gasteiger partial charge in [-0.15, -0.1) is 24.0 Å². The van der Waals surface area contributed by atoms with Gasteiger partial charge in [-0.2, -0.15) is 0 Å². The predicted octanol–water partition coefficient (Wildman–Crippen LogP) is 3.27. The van der Waals surface area contributed by atoms with Crippen LogP contribution in [0.2, 0.25) is 0 Å². The lowest BCUT2D eigenvalue weighted by Gasteiger charge is -2.11. The first kappa shape index (κ1) is 21.2. The van der Waals surface area contributed by atoms with E-state index in [1.807, 2.05) is 42.6 Å². The van der Waals surface area contributed by atoms with Crippen molar-refractivity contribution in [3.05, 3.63) is 60.4 Å². The van der Waals surface area contributed by atoms with Crippen molar-refractivity contribution >= 4 is 29.9 Å². The normalized spacial score (nSPS) is 10.7. The maximum atomic E-state index is 5.67. The lowest BCUT2D eigenvalue weighted by molar-refractivity contribution is 0.313. The van der Waals surface area contributed by atoms with Gasteiger partial charge in [-0.3, -0.25) is 9.98 Å². The first-order valence-electron chi connectivity index (χ1n) is 8.47. The molecular weight excluding hydrogens is 427 g/mol. The largest absolute Gasteiger partial charge is 0.494 e. The highest BCUT2D eigenvalue weighted by Crippen LogP contribution is 2.08. The lowest BCUT2D eigenvalue weighted by atomic mass is 10.2. The van der Waals surface area contributed by atoms with E-state index in [0.29, 0.717) is 6.61 Å². The number of halogens is 1. The Balaban J connectivity index is 0.00000312. The number of pyridine rings is 1. The van der Waals surface area contributed by atoms with Crippen molar-refractivity contribution in [2.75, 3.05) is 26.2 Å². The number of rotatable bonds is 9. The molecule has 0 bridgehead atoms. The van der Waals surface area contributed by atoms with Gasteiger partial charge in [0.25, 0.3) is 0 Å². The number of nitrogens with one attached hydrogen (secondary N) is 2. The van der Waals surface area contributed by atoms with Crippen molar-refractivity contribution in [2.24, 2.45) is 4.99 Å². The second kappa shape index (κ2) is 13.5. The third kappa shape index (κ3) is 9.28. The zero-order valence-electron chi connectivity index (χ0n) is 14.6. The van der Waals surface area contributed by atoms with Gasteiger partial charge in [-0.25, -0.2) is 0 Å². The summed E-state index contributed by atoms with van der Waals surface area (Å²) in [5, 5.41) is 6.61. The van der Waals surface area contributed by atoms with Crippen molar-refractivity contribution in [1.82, 2.24) is 15.6 Å². The van der Waals surface area contributed by atoms with E-state index in [-0.39, 0.29) is 24.0 Å². The average Bonchev–Trinajstić information content (AvgIpc) is 2.63. The van der Waals surface area contributed by atoms with Gasteiger partial charge in [0.15, 0.2) is 5.96 Å². The molecule has 5 nitrogen and oxygen atoms in total. The number of ether oxygens (including phenoxy) is 1. The highest BCUT2D eigenvalue weighted by molar-refractivity contribution is 14.0. The van der Waals surface area contributed by atoms with Gasteiger partial charge >= 0.3 is 0 Å². The third-order valence-corrected chi connectivity index (χ3v) is 3.36. The van der Waals surface area contributed by atoms with E-state index in [0.717, 1.165) is 44.2 Å². The quantitative estimate of drug-likeness (QED) is 0.264. The Kier molecular flexibility index (Phi) is 11.4. The third-order valence-electron chi connectivity index (χ3n) is 3.36. The van der Waals surface area contributed by atoms with Crippen LogP contribution < -0.4 is 15.4 Å². The number of para-hydroxylation sites is 1. The molecule has 1 heterocycles. The predicted molar refractivity (Wildman–Crippen MR) is 114 cm³/mol. The molecule has 0 amide bonds. The molecule has 0 aliphatic carbocycles. The van der Waals surface area contributed by atoms with Gasteiger partial charge in [-0.1, -0.05) is 24.3 Å². The Morgan fingerprint density at radius 2 is 1.96 bits per heavy atom. The number of hydrogen-bond acceptors (Lipinski definition) is 3. The number of aliphatic imine (C=N–C) groups is 1. The second-order valence-corrected chi connectivity index (χ2v) is 5.31. The maximum Gasteiger partial charge on any atom is 0.191 e. The van der Waals surface area contributed by atoms with Gasteiger partial charge in [0.2, 0.25) is 0 Å². The zero-order chi connectivity index (χ0) is 16.9. The van der Waals surface area contributed by atoms with Crippen molar-refractivity contribution in [2.45, 2.75) is 19.8 Å². The minimum absolute atomic E-state index is 0. The van der Waals surface area contributed by atoms with E-state index in [2.05, 4.69) is 33.6 Å². The summed E-state index contributed by atoms with van der Waals surface area (Å²) in [5.41, 5.74) is 1.22. The molecule has 0 saturated heterocycles. The topological polar surface area (TPSA) is 58.5 Å². The number of aromatic nitrogens is 1. The van der Waals surface area contributed by atoms with Crippen molar-refractivity contribution in [1.29, 1.82) is 0 Å². The fourth-order valence-corrected chi connectivity index (χ4v) is 2.18. The Bertz CT molecular complexity index is 593. The summed E-state index contributed by atoms with van der Waals surface area (Å²) in [4.78, 5) is 8.70. The first-order chi connectivity index (χ1) is 11.9. The molecule has 0 saturated carbocycles. The van der Waals surface area contributed by atoms with E-state index in [4.69, 9.17) is 4.74 Å². The molecule has 0 radical (unpaired) electrons. The Morgan fingerprint density at radius 1 is 1.12 bits per heavy atom. The maximum absolute atomic E-state index is 5.67. The van der Waals surface area contributed by atoms with Crippen LogP contribution in [-0.2, 0) is 6.42 Å². The molecule has 0 fully saturated rings. The van der Waals surface area contributed by atoms with Crippen molar-refractivity contribution < 1.29 is 4.74 Å². The fourth-order valence-electron chi connectivity index (χ4n) is 2.18. The van der Waals surface area contributed by atoms with Crippen LogP contribution in [-0.4, -0.2) is 37.2 Å². The van der Waals surface area contributed by atoms with Gasteiger partial charge in [0.1, 0.15) is 5.75 Å². The first-order valence-corrected chi connectivity index (χ1v) is 8.47. The van der Waals surface area contributed by atoms with Crippen LogP contribution in [0, 0.1) is 0 Å². The minimum atomic E-state index is 0. The SMILES string of the molecule is CCNC(=NCCCOc1ccccc1)NCCc1cccnc1.I. The summed E-state index contributed by atoms with van der Waals surface area (Å²) < 4.78 is 5.67. The van der Waals surface area contributed by atoms with Crippen LogP contribution in [0.25, 0.3) is 0 Å². The number of benzene rings is 1. The standard InChI is InChI=1S/C19H26N4O.HI/c1-2-21-19(23-14-11-17-8-6-12-20-16-17)22-13-7-15-24-18-9-4-3-5-10-18;/h3-6,8-10,12,16H,2,7,11,13-15H2,1H3,(H2,21,22,23);1H. The van der Waals surface area contributed by atoms with E-state index < -0.39 is 0 Å². The molecule has 2 rings (SSSR count). The molecule has 0 atom stereocenters.